The number of carbonyl (C=O) groups is 3. The summed E-state index contributed by atoms with van der Waals surface area (Å²) >= 11 is 1.54. The molecule has 308 valence electrons. The number of hydrogen-bond donors (Lipinski definition) is 0. The summed E-state index contributed by atoms with van der Waals surface area (Å²) in [5, 5.41) is 7.37. The number of carbonyl (C=O) groups excluding carboxylic acids is 3. The quantitative estimate of drug-likeness (QED) is 0.0212. The molecule has 0 N–H and O–H groups in total. The van der Waals surface area contributed by atoms with Crippen LogP contribution >= 0.6 is 11.3 Å². The summed E-state index contributed by atoms with van der Waals surface area (Å²) in [6.07, 6.45) is 9.55. The zero-order chi connectivity index (χ0) is 40.5. The van der Waals surface area contributed by atoms with Crippen molar-refractivity contribution >= 4 is 50.8 Å². The molecule has 0 amide bonds. The lowest BCUT2D eigenvalue weighted by Gasteiger charge is -2.26. The maximum atomic E-state index is 13.5. The molecular formula is C44H51N3O10S. The Morgan fingerprint density at radius 1 is 0.862 bits per heavy atom. The third kappa shape index (κ3) is 12.6. The predicted molar refractivity (Wildman–Crippen MR) is 221 cm³/mol. The van der Waals surface area contributed by atoms with Crippen molar-refractivity contribution in [1.29, 1.82) is 0 Å². The van der Waals surface area contributed by atoms with Crippen LogP contribution in [0.4, 0.5) is 5.13 Å². The topological polar surface area (TPSA) is 144 Å². The molecule has 1 aliphatic heterocycles. The van der Waals surface area contributed by atoms with Gasteiger partial charge < -0.3 is 33.2 Å². The van der Waals surface area contributed by atoms with Crippen LogP contribution in [0.3, 0.4) is 0 Å². The highest BCUT2D eigenvalue weighted by atomic mass is 32.1. The van der Waals surface area contributed by atoms with Gasteiger partial charge in [-0.2, -0.15) is 5.10 Å². The SMILES string of the molecule is C=CC(=O)OCCCCCCOc1ccc(OC(=O)C2CCC(C(=O)Oc3ccc(OC)cc3/C=N/N(CCC3OCCCO3)c3nc4ccccc4s3)CC2)cc1. The number of para-hydroxylation sites is 1. The first-order chi connectivity index (χ1) is 28.4. The second-order valence-corrected chi connectivity index (χ2v) is 15.1. The first-order valence-corrected chi connectivity index (χ1v) is 20.7. The minimum atomic E-state index is -0.399. The van der Waals surface area contributed by atoms with Crippen molar-refractivity contribution < 1.29 is 47.5 Å². The Bertz CT molecular complexity index is 1950. The van der Waals surface area contributed by atoms with Gasteiger partial charge in [0.1, 0.15) is 23.0 Å². The lowest BCUT2D eigenvalue weighted by atomic mass is 9.82. The molecular weight excluding hydrogens is 763 g/mol. The average molecular weight is 814 g/mol. The van der Waals surface area contributed by atoms with E-state index in [1.165, 1.54) is 11.3 Å². The fourth-order valence-corrected chi connectivity index (χ4v) is 7.57. The van der Waals surface area contributed by atoms with Gasteiger partial charge in [-0.1, -0.05) is 30.0 Å². The Labute approximate surface area is 342 Å². The largest absolute Gasteiger partial charge is 0.497 e. The molecule has 14 heteroatoms. The zero-order valence-corrected chi connectivity index (χ0v) is 33.7. The molecule has 2 heterocycles. The summed E-state index contributed by atoms with van der Waals surface area (Å²) in [4.78, 5) is 42.5. The highest BCUT2D eigenvalue weighted by Crippen LogP contribution is 2.34. The second kappa shape index (κ2) is 22.0. The van der Waals surface area contributed by atoms with Gasteiger partial charge in [-0.25, -0.2) is 14.8 Å². The number of aromatic nitrogens is 1. The highest BCUT2D eigenvalue weighted by Gasteiger charge is 2.32. The number of hydrogen-bond acceptors (Lipinski definition) is 14. The average Bonchev–Trinajstić information content (AvgIpc) is 3.70. The molecule has 0 bridgehead atoms. The fourth-order valence-electron chi connectivity index (χ4n) is 6.62. The van der Waals surface area contributed by atoms with Gasteiger partial charge in [0.25, 0.3) is 0 Å². The standard InChI is InChI=1S/C44H51N3O10S/c1-3-40(48)53-26-9-5-4-8-25-52-34-17-19-35(20-18-34)56-42(49)31-13-15-32(16-14-31)43(50)57-38-22-21-36(51-2)29-33(38)30-45-47(24-23-41-54-27-10-28-55-41)44-46-37-11-6-7-12-39(37)58-44/h3,6-7,11-12,17-22,29-32,41H,1,4-5,8-10,13-16,23-28H2,2H3/b45-30+. The van der Waals surface area contributed by atoms with Crippen LogP contribution in [0.15, 0.2) is 84.5 Å². The van der Waals surface area contributed by atoms with Crippen LogP contribution < -0.4 is 24.0 Å². The number of methoxy groups -OCH3 is 1. The predicted octanol–water partition coefficient (Wildman–Crippen LogP) is 8.28. The van der Waals surface area contributed by atoms with E-state index in [4.69, 9.17) is 43.2 Å². The van der Waals surface area contributed by atoms with Crippen LogP contribution in [-0.4, -0.2) is 75.5 Å². The number of ether oxygens (including phenoxy) is 7. The summed E-state index contributed by atoms with van der Waals surface area (Å²) in [5.41, 5.74) is 1.45. The van der Waals surface area contributed by atoms with Gasteiger partial charge in [0.2, 0.25) is 5.13 Å². The van der Waals surface area contributed by atoms with E-state index in [0.717, 1.165) is 53.5 Å². The number of fused-ring (bicyclic) bond motifs is 1. The van der Waals surface area contributed by atoms with E-state index in [1.54, 1.807) is 55.8 Å². The van der Waals surface area contributed by atoms with Crippen LogP contribution in [0.5, 0.6) is 23.0 Å². The molecule has 6 rings (SSSR count). The third-order valence-corrected chi connectivity index (χ3v) is 10.9. The summed E-state index contributed by atoms with van der Waals surface area (Å²) in [7, 11) is 1.58. The maximum absolute atomic E-state index is 13.5. The van der Waals surface area contributed by atoms with Gasteiger partial charge in [0.15, 0.2) is 6.29 Å². The van der Waals surface area contributed by atoms with E-state index in [1.807, 2.05) is 29.3 Å². The molecule has 13 nitrogen and oxygen atoms in total. The van der Waals surface area contributed by atoms with Gasteiger partial charge >= 0.3 is 17.9 Å². The van der Waals surface area contributed by atoms with Crippen LogP contribution in [0.1, 0.15) is 69.8 Å². The van der Waals surface area contributed by atoms with Crippen molar-refractivity contribution in [2.45, 2.75) is 70.5 Å². The van der Waals surface area contributed by atoms with Crippen molar-refractivity contribution in [3.8, 4) is 23.0 Å². The first kappa shape index (κ1) is 42.3. The number of rotatable bonds is 20. The second-order valence-electron chi connectivity index (χ2n) is 14.0. The number of unbranched alkanes of at least 4 members (excludes halogenated alkanes) is 3. The van der Waals surface area contributed by atoms with E-state index in [0.29, 0.717) is 93.6 Å². The Morgan fingerprint density at radius 3 is 2.24 bits per heavy atom. The number of esters is 3. The normalized spacial score (nSPS) is 17.1. The highest BCUT2D eigenvalue weighted by molar-refractivity contribution is 7.22. The van der Waals surface area contributed by atoms with E-state index in [2.05, 4.69) is 6.58 Å². The summed E-state index contributed by atoms with van der Waals surface area (Å²) in [6, 6.07) is 20.2. The van der Waals surface area contributed by atoms with E-state index in [-0.39, 0.29) is 30.1 Å². The molecule has 0 radical (unpaired) electrons. The Hall–Kier alpha value is -5.31. The van der Waals surface area contributed by atoms with Gasteiger partial charge in [-0.15, -0.1) is 0 Å². The molecule has 1 saturated heterocycles. The first-order valence-electron chi connectivity index (χ1n) is 19.9. The minimum Gasteiger partial charge on any atom is -0.497 e. The molecule has 3 aromatic carbocycles. The smallest absolute Gasteiger partial charge is 0.330 e. The fraction of sp³-hybridized carbons (Fsp3) is 0.432. The Kier molecular flexibility index (Phi) is 16.0. The minimum absolute atomic E-state index is 0.313. The Morgan fingerprint density at radius 2 is 1.53 bits per heavy atom. The summed E-state index contributed by atoms with van der Waals surface area (Å²) in [6.45, 7) is 6.14. The van der Waals surface area contributed by atoms with E-state index in [9.17, 15) is 14.4 Å². The van der Waals surface area contributed by atoms with Gasteiger partial charge in [-0.3, -0.25) is 9.59 Å². The van der Waals surface area contributed by atoms with Crippen molar-refractivity contribution in [2.24, 2.45) is 16.9 Å². The van der Waals surface area contributed by atoms with Crippen molar-refractivity contribution in [3.63, 3.8) is 0 Å². The lowest BCUT2D eigenvalue weighted by molar-refractivity contribution is -0.179. The molecule has 0 spiro atoms. The van der Waals surface area contributed by atoms with Gasteiger partial charge in [0, 0.05) is 24.6 Å². The van der Waals surface area contributed by atoms with Crippen molar-refractivity contribution in [1.82, 2.24) is 4.98 Å². The van der Waals surface area contributed by atoms with Gasteiger partial charge in [-0.05, 0) is 112 Å². The molecule has 1 aliphatic carbocycles. The van der Waals surface area contributed by atoms with Crippen molar-refractivity contribution in [3.05, 3.63) is 84.9 Å². The molecule has 1 aromatic heterocycles. The molecule has 2 aliphatic rings. The number of thiazole rings is 1. The number of anilines is 1. The monoisotopic (exact) mass is 813 g/mol. The van der Waals surface area contributed by atoms with Crippen LogP contribution in [-0.2, 0) is 28.6 Å². The molecule has 58 heavy (non-hydrogen) atoms. The molecule has 0 atom stereocenters. The van der Waals surface area contributed by atoms with Crippen LogP contribution in [0.25, 0.3) is 10.2 Å². The maximum Gasteiger partial charge on any atom is 0.330 e. The van der Waals surface area contributed by atoms with Crippen LogP contribution in [0.2, 0.25) is 0 Å². The zero-order valence-electron chi connectivity index (χ0n) is 32.9. The third-order valence-electron chi connectivity index (χ3n) is 9.89. The molecule has 4 aromatic rings. The number of nitrogens with zero attached hydrogens (tertiary/aromatic N) is 3. The van der Waals surface area contributed by atoms with Crippen molar-refractivity contribution in [2.75, 3.05) is 45.1 Å². The Balaban J connectivity index is 0.985. The van der Waals surface area contributed by atoms with E-state index >= 15 is 0 Å². The molecule has 0 unspecified atom stereocenters. The number of hydrazone groups is 1. The molecule has 1 saturated carbocycles. The summed E-state index contributed by atoms with van der Waals surface area (Å²) in [5.74, 6) is 0.331. The van der Waals surface area contributed by atoms with E-state index < -0.39 is 5.97 Å². The van der Waals surface area contributed by atoms with Crippen LogP contribution in [0, 0.1) is 11.8 Å². The molecule has 2 fully saturated rings. The lowest BCUT2D eigenvalue weighted by Crippen LogP contribution is -2.30. The number of benzene rings is 3. The van der Waals surface area contributed by atoms with Gasteiger partial charge in [0.05, 0.1) is 61.8 Å². The summed E-state index contributed by atoms with van der Waals surface area (Å²) < 4.78 is 40.6.